The van der Waals surface area contributed by atoms with Crippen LogP contribution in [-0.4, -0.2) is 33.9 Å². The van der Waals surface area contributed by atoms with Crippen LogP contribution in [0.1, 0.15) is 18.0 Å². The summed E-state index contributed by atoms with van der Waals surface area (Å²) in [6.45, 7) is -0.436. The van der Waals surface area contributed by atoms with Crippen molar-refractivity contribution in [3.8, 4) is 0 Å². The van der Waals surface area contributed by atoms with Gasteiger partial charge in [-0.1, -0.05) is 41.9 Å². The Morgan fingerprint density at radius 2 is 1.70 bits per heavy atom. The van der Waals surface area contributed by atoms with Gasteiger partial charge in [0.2, 0.25) is 10.0 Å². The summed E-state index contributed by atoms with van der Waals surface area (Å²) >= 11 is 5.88. The van der Waals surface area contributed by atoms with Gasteiger partial charge >= 0.3 is 5.97 Å². The van der Waals surface area contributed by atoms with E-state index in [9.17, 15) is 18.0 Å². The zero-order valence-corrected chi connectivity index (χ0v) is 16.1. The maximum atomic E-state index is 12.6. The third-order valence-corrected chi connectivity index (χ3v) is 5.38. The molecule has 2 N–H and O–H groups in total. The molecule has 0 fully saturated rings. The third kappa shape index (κ3) is 6.35. The molecule has 1 amide bonds. The van der Waals surface area contributed by atoms with Crippen LogP contribution in [0.25, 0.3) is 0 Å². The molecule has 0 aliphatic heterocycles. The van der Waals surface area contributed by atoms with Crippen LogP contribution in [0, 0.1) is 0 Å². The normalized spacial score (nSPS) is 12.2. The molecule has 144 valence electrons. The van der Waals surface area contributed by atoms with Gasteiger partial charge in [0.05, 0.1) is 17.4 Å². The summed E-state index contributed by atoms with van der Waals surface area (Å²) in [5.41, 5.74) is 0.538. The van der Waals surface area contributed by atoms with E-state index in [2.05, 4.69) is 10.0 Å². The fourth-order valence-corrected chi connectivity index (χ4v) is 3.59. The Morgan fingerprint density at radius 1 is 1.07 bits per heavy atom. The van der Waals surface area contributed by atoms with E-state index >= 15 is 0 Å². The number of carbonyl (C=O) groups is 2. The molecule has 0 bridgehead atoms. The molecule has 27 heavy (non-hydrogen) atoms. The first-order valence-corrected chi connectivity index (χ1v) is 9.87. The fraction of sp³-hybridized carbons (Fsp3) is 0.222. The van der Waals surface area contributed by atoms with Gasteiger partial charge in [-0.25, -0.2) is 13.1 Å². The van der Waals surface area contributed by atoms with Gasteiger partial charge in [-0.05, 0) is 29.8 Å². The maximum Gasteiger partial charge on any atom is 0.308 e. The van der Waals surface area contributed by atoms with Crippen LogP contribution in [0.3, 0.4) is 0 Å². The van der Waals surface area contributed by atoms with Gasteiger partial charge < -0.3 is 10.1 Å². The molecule has 0 aliphatic rings. The average molecular weight is 411 g/mol. The number of hydrogen-bond acceptors (Lipinski definition) is 5. The molecule has 2 rings (SSSR count). The van der Waals surface area contributed by atoms with Gasteiger partial charge in [0.15, 0.2) is 6.61 Å². The van der Waals surface area contributed by atoms with Crippen molar-refractivity contribution in [3.63, 3.8) is 0 Å². The second-order valence-corrected chi connectivity index (χ2v) is 7.73. The van der Waals surface area contributed by atoms with Crippen molar-refractivity contribution >= 4 is 33.5 Å². The summed E-state index contributed by atoms with van der Waals surface area (Å²) in [6, 6.07) is 13.3. The molecule has 0 saturated carbocycles. The van der Waals surface area contributed by atoms with Crippen LogP contribution in [0.15, 0.2) is 59.5 Å². The molecule has 0 saturated heterocycles. The highest BCUT2D eigenvalue weighted by molar-refractivity contribution is 7.89. The Morgan fingerprint density at radius 3 is 2.30 bits per heavy atom. The molecule has 0 radical (unpaired) electrons. The summed E-state index contributed by atoms with van der Waals surface area (Å²) in [4.78, 5) is 23.4. The van der Waals surface area contributed by atoms with Crippen LogP contribution in [-0.2, 0) is 24.3 Å². The van der Waals surface area contributed by atoms with E-state index in [-0.39, 0.29) is 11.3 Å². The highest BCUT2D eigenvalue weighted by atomic mass is 35.5. The first-order valence-electron chi connectivity index (χ1n) is 8.01. The minimum atomic E-state index is -3.87. The number of likely N-dealkylation sites (N-methyl/N-ethyl adjacent to an activating group) is 1. The quantitative estimate of drug-likeness (QED) is 0.648. The molecular weight excluding hydrogens is 392 g/mol. The Balaban J connectivity index is 2.21. The number of rotatable bonds is 8. The van der Waals surface area contributed by atoms with Crippen molar-refractivity contribution in [2.75, 3.05) is 13.7 Å². The van der Waals surface area contributed by atoms with E-state index in [0.29, 0.717) is 10.6 Å². The molecule has 7 nitrogen and oxygen atoms in total. The van der Waals surface area contributed by atoms with Gasteiger partial charge in [-0.15, -0.1) is 0 Å². The molecule has 0 aliphatic carbocycles. The number of esters is 1. The minimum Gasteiger partial charge on any atom is -0.456 e. The van der Waals surface area contributed by atoms with Crippen LogP contribution in [0.2, 0.25) is 5.02 Å². The fourth-order valence-electron chi connectivity index (χ4n) is 2.22. The maximum absolute atomic E-state index is 12.6. The number of hydrogen-bond donors (Lipinski definition) is 2. The van der Waals surface area contributed by atoms with E-state index in [4.69, 9.17) is 16.3 Å². The molecular formula is C18H19ClN2O5S. The monoisotopic (exact) mass is 410 g/mol. The smallest absolute Gasteiger partial charge is 0.308 e. The standard InChI is InChI=1S/C18H19ClN2O5S/c1-20-17(22)12-26-18(23)11-16(13-7-9-14(19)10-8-13)21-27(24,25)15-5-3-2-4-6-15/h2-10,16,21H,11-12H2,1H3,(H,20,22)/t16-/m1/s1. The molecule has 0 heterocycles. The molecule has 2 aromatic carbocycles. The predicted molar refractivity (Wildman–Crippen MR) is 101 cm³/mol. The zero-order valence-electron chi connectivity index (χ0n) is 14.5. The molecule has 0 spiro atoms. The molecule has 1 atom stereocenters. The van der Waals surface area contributed by atoms with E-state index in [1.807, 2.05) is 0 Å². The Labute approximate surface area is 162 Å². The van der Waals surface area contributed by atoms with Crippen molar-refractivity contribution in [2.45, 2.75) is 17.4 Å². The predicted octanol–water partition coefficient (Wildman–Crippen LogP) is 2.04. The number of amides is 1. The molecule has 2 aromatic rings. The number of sulfonamides is 1. The van der Waals surface area contributed by atoms with Crippen LogP contribution in [0.4, 0.5) is 0 Å². The first-order chi connectivity index (χ1) is 12.8. The second kappa shape index (κ2) is 9.50. The van der Waals surface area contributed by atoms with Crippen molar-refractivity contribution in [3.05, 3.63) is 65.2 Å². The lowest BCUT2D eigenvalue weighted by molar-refractivity contribution is -0.148. The van der Waals surface area contributed by atoms with Crippen molar-refractivity contribution in [1.82, 2.24) is 10.0 Å². The number of nitrogens with one attached hydrogen (secondary N) is 2. The zero-order chi connectivity index (χ0) is 19.9. The minimum absolute atomic E-state index is 0.0719. The summed E-state index contributed by atoms with van der Waals surface area (Å²) in [5.74, 6) is -1.18. The van der Waals surface area contributed by atoms with Gasteiger partial charge in [0, 0.05) is 12.1 Å². The van der Waals surface area contributed by atoms with Crippen molar-refractivity contribution < 1.29 is 22.7 Å². The lowest BCUT2D eigenvalue weighted by Crippen LogP contribution is -2.32. The average Bonchev–Trinajstić information content (AvgIpc) is 2.66. The SMILES string of the molecule is CNC(=O)COC(=O)C[C@@H](NS(=O)(=O)c1ccccc1)c1ccc(Cl)cc1. The van der Waals surface area contributed by atoms with Gasteiger partial charge in [0.1, 0.15) is 0 Å². The lowest BCUT2D eigenvalue weighted by Gasteiger charge is -2.19. The second-order valence-electron chi connectivity index (χ2n) is 5.58. The first kappa shape index (κ1) is 20.9. The van der Waals surface area contributed by atoms with Crippen LogP contribution >= 0.6 is 11.6 Å². The summed E-state index contributed by atoms with van der Waals surface area (Å²) in [7, 11) is -2.45. The number of carbonyl (C=O) groups excluding carboxylic acids is 2. The largest absolute Gasteiger partial charge is 0.456 e. The van der Waals surface area contributed by atoms with Gasteiger partial charge in [-0.3, -0.25) is 9.59 Å². The van der Waals surface area contributed by atoms with Gasteiger partial charge in [-0.2, -0.15) is 0 Å². The van der Waals surface area contributed by atoms with E-state index in [1.165, 1.54) is 19.2 Å². The van der Waals surface area contributed by atoms with Crippen LogP contribution in [0.5, 0.6) is 0 Å². The molecule has 0 unspecified atom stereocenters. The summed E-state index contributed by atoms with van der Waals surface area (Å²) in [5, 5.41) is 2.81. The van der Waals surface area contributed by atoms with E-state index < -0.39 is 34.5 Å². The Hall–Kier alpha value is -2.42. The van der Waals surface area contributed by atoms with Gasteiger partial charge in [0.25, 0.3) is 5.91 Å². The Kier molecular flexibility index (Phi) is 7.35. The van der Waals surface area contributed by atoms with Crippen LogP contribution < -0.4 is 10.0 Å². The molecule has 9 heteroatoms. The third-order valence-electron chi connectivity index (χ3n) is 3.64. The Bertz CT molecular complexity index is 886. The lowest BCUT2D eigenvalue weighted by atomic mass is 10.1. The number of halogens is 1. The van der Waals surface area contributed by atoms with Crippen molar-refractivity contribution in [2.24, 2.45) is 0 Å². The molecule has 0 aromatic heterocycles. The highest BCUT2D eigenvalue weighted by Crippen LogP contribution is 2.22. The van der Waals surface area contributed by atoms with E-state index in [1.54, 1.807) is 42.5 Å². The topological polar surface area (TPSA) is 102 Å². The highest BCUT2D eigenvalue weighted by Gasteiger charge is 2.24. The van der Waals surface area contributed by atoms with E-state index in [0.717, 1.165) is 0 Å². The number of ether oxygens (including phenoxy) is 1. The summed E-state index contributed by atoms with van der Waals surface area (Å²) in [6.07, 6.45) is -0.287. The van der Waals surface area contributed by atoms with Crippen molar-refractivity contribution in [1.29, 1.82) is 0 Å². The number of benzene rings is 2. The summed E-state index contributed by atoms with van der Waals surface area (Å²) < 4.78 is 32.6.